The van der Waals surface area contributed by atoms with Crippen LogP contribution in [0.4, 0.5) is 0 Å². The predicted molar refractivity (Wildman–Crippen MR) is 81.2 cm³/mol. The van der Waals surface area contributed by atoms with Crippen LogP contribution in [0.1, 0.15) is 46.5 Å². The molecule has 5 unspecified atom stereocenters. The molecule has 3 aliphatic rings. The number of carboxylic acid groups (broad SMARTS) is 1. The van der Waals surface area contributed by atoms with E-state index >= 15 is 0 Å². The fourth-order valence-corrected chi connectivity index (χ4v) is 4.68. The van der Waals surface area contributed by atoms with E-state index in [0.717, 1.165) is 11.8 Å². The highest BCUT2D eigenvalue weighted by molar-refractivity contribution is 5.87. The average molecular weight is 309 g/mol. The van der Waals surface area contributed by atoms with Gasteiger partial charge >= 0.3 is 5.97 Å². The molecular formula is C17H27NO4. The quantitative estimate of drug-likeness (QED) is 0.787. The second-order valence-electron chi connectivity index (χ2n) is 8.16. The molecule has 0 radical (unpaired) electrons. The van der Waals surface area contributed by atoms with Crippen LogP contribution in [0.2, 0.25) is 0 Å². The van der Waals surface area contributed by atoms with Gasteiger partial charge in [0.05, 0.1) is 5.60 Å². The molecule has 5 heteroatoms. The summed E-state index contributed by atoms with van der Waals surface area (Å²) in [4.78, 5) is 23.7. The van der Waals surface area contributed by atoms with Gasteiger partial charge in [-0.3, -0.25) is 4.79 Å². The van der Waals surface area contributed by atoms with Crippen molar-refractivity contribution in [2.24, 2.45) is 29.6 Å². The van der Waals surface area contributed by atoms with Gasteiger partial charge in [0.2, 0.25) is 5.91 Å². The predicted octanol–water partition coefficient (Wildman–Crippen LogP) is 2.05. The molecule has 1 amide bonds. The van der Waals surface area contributed by atoms with E-state index in [-0.39, 0.29) is 17.4 Å². The van der Waals surface area contributed by atoms with Crippen LogP contribution in [0.25, 0.3) is 0 Å². The van der Waals surface area contributed by atoms with Crippen molar-refractivity contribution in [1.82, 2.24) is 5.32 Å². The molecule has 0 aliphatic heterocycles. The standard InChI is InChI=1S/C17H27NO4/c1-17(2,3)22-7-6-11(16(20)21)18-15(19)14-12-9-4-5-10(8-9)13(12)14/h9-14H,4-8H2,1-3H3,(H,18,19)(H,20,21). The third kappa shape index (κ3) is 3.00. The molecule has 0 aromatic rings. The number of nitrogens with one attached hydrogen (secondary N) is 1. The van der Waals surface area contributed by atoms with E-state index in [9.17, 15) is 14.7 Å². The molecule has 2 bridgehead atoms. The third-order valence-corrected chi connectivity index (χ3v) is 5.59. The Morgan fingerprint density at radius 3 is 2.32 bits per heavy atom. The van der Waals surface area contributed by atoms with Crippen molar-refractivity contribution in [3.8, 4) is 0 Å². The molecule has 5 atom stereocenters. The van der Waals surface area contributed by atoms with E-state index in [1.807, 2.05) is 20.8 Å². The van der Waals surface area contributed by atoms with Crippen LogP contribution < -0.4 is 5.32 Å². The van der Waals surface area contributed by atoms with Gasteiger partial charge in [0.25, 0.3) is 0 Å². The number of rotatable bonds is 6. The zero-order valence-corrected chi connectivity index (χ0v) is 13.7. The van der Waals surface area contributed by atoms with Crippen LogP contribution in [-0.4, -0.2) is 35.2 Å². The summed E-state index contributed by atoms with van der Waals surface area (Å²) in [5.74, 6) is 1.58. The zero-order valence-electron chi connectivity index (χ0n) is 13.7. The number of fused-ring (bicyclic) bond motifs is 5. The summed E-state index contributed by atoms with van der Waals surface area (Å²) in [5.41, 5.74) is -0.292. The van der Waals surface area contributed by atoms with Gasteiger partial charge in [-0.25, -0.2) is 4.79 Å². The fourth-order valence-electron chi connectivity index (χ4n) is 4.68. The number of ether oxygens (including phenoxy) is 1. The lowest BCUT2D eigenvalue weighted by Crippen LogP contribution is -2.43. The average Bonchev–Trinajstić information content (AvgIpc) is 2.85. The third-order valence-electron chi connectivity index (χ3n) is 5.59. The molecule has 2 N–H and O–H groups in total. The maximum absolute atomic E-state index is 12.4. The molecule has 0 aromatic carbocycles. The topological polar surface area (TPSA) is 75.6 Å². The van der Waals surface area contributed by atoms with Crippen molar-refractivity contribution >= 4 is 11.9 Å². The molecule has 0 heterocycles. The van der Waals surface area contributed by atoms with Crippen LogP contribution >= 0.6 is 0 Å². The molecule has 3 saturated carbocycles. The Morgan fingerprint density at radius 2 is 1.82 bits per heavy atom. The number of amides is 1. The first-order valence-corrected chi connectivity index (χ1v) is 8.45. The van der Waals surface area contributed by atoms with Crippen LogP contribution in [0.15, 0.2) is 0 Å². The number of carboxylic acids is 1. The summed E-state index contributed by atoms with van der Waals surface area (Å²) < 4.78 is 5.57. The van der Waals surface area contributed by atoms with E-state index in [1.165, 1.54) is 19.3 Å². The van der Waals surface area contributed by atoms with Crippen molar-refractivity contribution in [3.63, 3.8) is 0 Å². The summed E-state index contributed by atoms with van der Waals surface area (Å²) in [5, 5.41) is 12.0. The minimum atomic E-state index is -0.973. The van der Waals surface area contributed by atoms with Crippen molar-refractivity contribution in [1.29, 1.82) is 0 Å². The minimum absolute atomic E-state index is 0.0465. The van der Waals surface area contributed by atoms with E-state index in [0.29, 0.717) is 24.9 Å². The highest BCUT2D eigenvalue weighted by Crippen LogP contribution is 2.69. The number of hydrogen-bond donors (Lipinski definition) is 2. The van der Waals surface area contributed by atoms with E-state index in [1.54, 1.807) is 0 Å². The van der Waals surface area contributed by atoms with Crippen LogP contribution in [-0.2, 0) is 14.3 Å². The summed E-state index contributed by atoms with van der Waals surface area (Å²) in [6.45, 7) is 6.14. The van der Waals surface area contributed by atoms with Gasteiger partial charge in [-0.1, -0.05) is 0 Å². The Balaban J connectivity index is 1.49. The first-order chi connectivity index (χ1) is 10.3. The highest BCUT2D eigenvalue weighted by atomic mass is 16.5. The lowest BCUT2D eigenvalue weighted by molar-refractivity contribution is -0.143. The molecular weight excluding hydrogens is 282 g/mol. The van der Waals surface area contributed by atoms with Crippen LogP contribution in [0.3, 0.4) is 0 Å². The highest BCUT2D eigenvalue weighted by Gasteiger charge is 2.67. The largest absolute Gasteiger partial charge is 0.480 e. The van der Waals surface area contributed by atoms with Gasteiger partial charge in [0, 0.05) is 18.9 Å². The van der Waals surface area contributed by atoms with Gasteiger partial charge in [-0.2, -0.15) is 0 Å². The molecule has 0 spiro atoms. The van der Waals surface area contributed by atoms with Crippen molar-refractivity contribution < 1.29 is 19.4 Å². The lowest BCUT2D eigenvalue weighted by Gasteiger charge is -2.21. The Bertz CT molecular complexity index is 454. The van der Waals surface area contributed by atoms with Crippen LogP contribution in [0.5, 0.6) is 0 Å². The molecule has 5 nitrogen and oxygen atoms in total. The molecule has 0 aromatic heterocycles. The Hall–Kier alpha value is -1.10. The van der Waals surface area contributed by atoms with Crippen molar-refractivity contribution in [2.75, 3.05) is 6.61 Å². The van der Waals surface area contributed by atoms with Gasteiger partial charge in [0.15, 0.2) is 0 Å². The second-order valence-corrected chi connectivity index (χ2v) is 8.16. The Morgan fingerprint density at radius 1 is 1.23 bits per heavy atom. The molecule has 3 aliphatic carbocycles. The van der Waals surface area contributed by atoms with Gasteiger partial charge in [-0.15, -0.1) is 0 Å². The van der Waals surface area contributed by atoms with E-state index < -0.39 is 12.0 Å². The van der Waals surface area contributed by atoms with Crippen molar-refractivity contribution in [3.05, 3.63) is 0 Å². The Kier molecular flexibility index (Phi) is 3.96. The van der Waals surface area contributed by atoms with Crippen LogP contribution in [0, 0.1) is 29.6 Å². The first kappa shape index (κ1) is 15.8. The van der Waals surface area contributed by atoms with E-state index in [4.69, 9.17) is 4.74 Å². The van der Waals surface area contributed by atoms with E-state index in [2.05, 4.69) is 5.32 Å². The van der Waals surface area contributed by atoms with Gasteiger partial charge < -0.3 is 15.2 Å². The summed E-state index contributed by atoms with van der Waals surface area (Å²) in [7, 11) is 0. The normalized spacial score (nSPS) is 36.8. The smallest absolute Gasteiger partial charge is 0.326 e. The fraction of sp³-hybridized carbons (Fsp3) is 0.882. The maximum atomic E-state index is 12.4. The minimum Gasteiger partial charge on any atom is -0.480 e. The van der Waals surface area contributed by atoms with Gasteiger partial charge in [-0.05, 0) is 63.7 Å². The number of carbonyl (C=O) groups excluding carboxylic acids is 1. The molecule has 3 rings (SSSR count). The number of carbonyl (C=O) groups is 2. The number of hydrogen-bond acceptors (Lipinski definition) is 3. The SMILES string of the molecule is CC(C)(C)OCCC(NC(=O)C1C2C3CCC(C3)C12)C(=O)O. The molecule has 0 saturated heterocycles. The zero-order chi connectivity index (χ0) is 16.1. The molecule has 3 fully saturated rings. The molecule has 124 valence electrons. The second kappa shape index (κ2) is 5.52. The summed E-state index contributed by atoms with van der Waals surface area (Å²) in [6, 6.07) is -0.839. The van der Waals surface area contributed by atoms with Crippen molar-refractivity contribution in [2.45, 2.75) is 58.1 Å². The molecule has 22 heavy (non-hydrogen) atoms. The summed E-state index contributed by atoms with van der Waals surface area (Å²) in [6.07, 6.45) is 4.13. The maximum Gasteiger partial charge on any atom is 0.326 e. The lowest BCUT2D eigenvalue weighted by atomic mass is 10.0. The first-order valence-electron chi connectivity index (χ1n) is 8.45. The Labute approximate surface area is 131 Å². The summed E-state index contributed by atoms with van der Waals surface area (Å²) >= 11 is 0. The monoisotopic (exact) mass is 309 g/mol. The van der Waals surface area contributed by atoms with Gasteiger partial charge in [0.1, 0.15) is 6.04 Å². The number of aliphatic carboxylic acids is 1.